The quantitative estimate of drug-likeness (QED) is 0.0390. The fraction of sp³-hybridized carbons (Fsp3) is 0.848. The molecule has 1 aliphatic heterocycles. The molecule has 0 bridgehead atoms. The summed E-state index contributed by atoms with van der Waals surface area (Å²) in [6, 6.07) is -1.02. The Kier molecular flexibility index (Phi) is 34.5. The molecule has 1 unspecified atom stereocenters. The van der Waals surface area contributed by atoms with Crippen LogP contribution in [0.15, 0.2) is 0 Å². The first-order chi connectivity index (χ1) is 29.9. The molecule has 0 aromatic rings. The third kappa shape index (κ3) is 37.4. The van der Waals surface area contributed by atoms with E-state index in [1.165, 1.54) is 51.4 Å². The molecule has 0 radical (unpaired) electrons. The van der Waals surface area contributed by atoms with Crippen LogP contribution < -0.4 is 10.6 Å². The van der Waals surface area contributed by atoms with Crippen LogP contribution in [-0.4, -0.2) is 123 Å². The Morgan fingerprint density at radius 2 is 1.00 bits per heavy atom. The molecule has 1 saturated heterocycles. The lowest BCUT2D eigenvalue weighted by atomic mass is 10.0. The number of unbranched alkanes of at least 4 members (excludes halogenated alkanes) is 11. The summed E-state index contributed by atoms with van der Waals surface area (Å²) in [6.07, 6.45) is 15.2. The summed E-state index contributed by atoms with van der Waals surface area (Å²) < 4.78 is 32.0. The van der Waals surface area contributed by atoms with Gasteiger partial charge in [0.15, 0.2) is 0 Å². The standard InChI is InChI=1S/C30H59NO7.C16H24N2O7/c1-5-34-22-23-36-26-27-37-25-24-35-21-20-31-28(32)18-16-14-12-10-8-6-7-9-11-13-15-17-19-29(33)38-30(2,3)4;1-5-11(19)17-10(15(23)24-16(2,3)4)6-9-14(22)25-18-12(20)7-8-13(18)21/h5-27H2,1-4H3,(H,31,32);10H,5-9H2,1-4H3,(H,17,19). The Bertz CT molecular complexity index is 1280. The van der Waals surface area contributed by atoms with E-state index in [-0.39, 0.29) is 55.5 Å². The fourth-order valence-electron chi connectivity index (χ4n) is 5.86. The van der Waals surface area contributed by atoms with Crippen LogP contribution in [0.4, 0.5) is 0 Å². The van der Waals surface area contributed by atoms with Crippen LogP contribution in [-0.2, 0) is 66.8 Å². The van der Waals surface area contributed by atoms with Gasteiger partial charge in [-0.15, -0.1) is 5.06 Å². The van der Waals surface area contributed by atoms with Crippen LogP contribution in [0.25, 0.3) is 0 Å². The zero-order valence-corrected chi connectivity index (χ0v) is 40.0. The molecule has 1 heterocycles. The summed E-state index contributed by atoms with van der Waals surface area (Å²) in [7, 11) is 0. The number of ether oxygens (including phenoxy) is 6. The SMILES string of the molecule is CCC(=O)NC(CCC(=O)ON1C(=O)CCC1=O)C(=O)OC(C)(C)C.CCOCCOCCOCCOCCNC(=O)CCCCCCCCCCCCCCC(=O)OC(C)(C)C. The van der Waals surface area contributed by atoms with Crippen molar-refractivity contribution in [3.63, 3.8) is 0 Å². The second kappa shape index (κ2) is 36.6. The molecule has 0 spiro atoms. The van der Waals surface area contributed by atoms with Crippen molar-refractivity contribution in [1.82, 2.24) is 15.7 Å². The molecule has 1 rings (SSSR count). The van der Waals surface area contributed by atoms with E-state index < -0.39 is 35.4 Å². The number of rotatable bonds is 35. The van der Waals surface area contributed by atoms with Crippen LogP contribution >= 0.6 is 0 Å². The maximum absolute atomic E-state index is 12.2. The van der Waals surface area contributed by atoms with E-state index in [1.807, 2.05) is 27.7 Å². The molecule has 0 aromatic heterocycles. The zero-order chi connectivity index (χ0) is 47.4. The van der Waals surface area contributed by atoms with E-state index in [9.17, 15) is 33.6 Å². The lowest BCUT2D eigenvalue weighted by Crippen LogP contribution is -2.44. The maximum atomic E-state index is 12.2. The van der Waals surface area contributed by atoms with Crippen molar-refractivity contribution in [2.75, 3.05) is 59.4 Å². The van der Waals surface area contributed by atoms with Gasteiger partial charge in [-0.3, -0.25) is 24.0 Å². The Labute approximate surface area is 377 Å². The summed E-state index contributed by atoms with van der Waals surface area (Å²) in [5.74, 6) is -3.01. The van der Waals surface area contributed by atoms with Crippen molar-refractivity contribution < 1.29 is 66.8 Å². The molecular formula is C46H83N3O14. The van der Waals surface area contributed by atoms with E-state index in [1.54, 1.807) is 27.7 Å². The molecule has 366 valence electrons. The number of carbonyl (C=O) groups is 7. The summed E-state index contributed by atoms with van der Waals surface area (Å²) in [5, 5.41) is 5.84. The van der Waals surface area contributed by atoms with Gasteiger partial charge in [0.25, 0.3) is 11.8 Å². The summed E-state index contributed by atoms with van der Waals surface area (Å²) in [4.78, 5) is 86.7. The molecule has 1 fully saturated rings. The predicted octanol–water partition coefficient (Wildman–Crippen LogP) is 6.60. The van der Waals surface area contributed by atoms with Crippen LogP contribution in [0.3, 0.4) is 0 Å². The third-order valence-corrected chi connectivity index (χ3v) is 9.03. The highest BCUT2D eigenvalue weighted by Crippen LogP contribution is 2.16. The molecule has 63 heavy (non-hydrogen) atoms. The number of nitrogens with zero attached hydrogens (tertiary/aromatic N) is 1. The van der Waals surface area contributed by atoms with Gasteiger partial charge in [-0.1, -0.05) is 71.1 Å². The summed E-state index contributed by atoms with van der Waals surface area (Å²) in [5.41, 5.74) is -1.12. The maximum Gasteiger partial charge on any atom is 0.333 e. The first-order valence-corrected chi connectivity index (χ1v) is 23.3. The topological polar surface area (TPSA) is 211 Å². The molecule has 17 nitrogen and oxygen atoms in total. The van der Waals surface area contributed by atoms with Crippen molar-refractivity contribution in [2.24, 2.45) is 0 Å². The van der Waals surface area contributed by atoms with Crippen molar-refractivity contribution in [2.45, 2.75) is 195 Å². The van der Waals surface area contributed by atoms with Gasteiger partial charge in [-0.2, -0.15) is 0 Å². The Morgan fingerprint density at radius 3 is 1.46 bits per heavy atom. The van der Waals surface area contributed by atoms with Crippen molar-refractivity contribution in [1.29, 1.82) is 0 Å². The van der Waals surface area contributed by atoms with Gasteiger partial charge in [0.2, 0.25) is 11.8 Å². The molecule has 17 heteroatoms. The van der Waals surface area contributed by atoms with Crippen molar-refractivity contribution in [3.05, 3.63) is 0 Å². The van der Waals surface area contributed by atoms with E-state index in [4.69, 9.17) is 33.3 Å². The van der Waals surface area contributed by atoms with Gasteiger partial charge >= 0.3 is 17.9 Å². The number of imide groups is 1. The van der Waals surface area contributed by atoms with E-state index in [2.05, 4.69) is 10.6 Å². The largest absolute Gasteiger partial charge is 0.460 e. The highest BCUT2D eigenvalue weighted by Gasteiger charge is 2.34. The first-order valence-electron chi connectivity index (χ1n) is 23.3. The lowest BCUT2D eigenvalue weighted by molar-refractivity contribution is -0.197. The molecule has 2 N–H and O–H groups in total. The number of amides is 4. The summed E-state index contributed by atoms with van der Waals surface area (Å²) in [6.45, 7) is 19.5. The van der Waals surface area contributed by atoms with Crippen molar-refractivity contribution in [3.8, 4) is 0 Å². The molecule has 0 aromatic carbocycles. The minimum Gasteiger partial charge on any atom is -0.460 e. The minimum absolute atomic E-state index is 0.000789. The van der Waals surface area contributed by atoms with Gasteiger partial charge in [0.05, 0.1) is 52.7 Å². The first kappa shape index (κ1) is 59.3. The Balaban J connectivity index is 0.00000133. The molecule has 0 aliphatic carbocycles. The highest BCUT2D eigenvalue weighted by molar-refractivity contribution is 6.01. The number of nitrogens with one attached hydrogen (secondary N) is 2. The Morgan fingerprint density at radius 1 is 0.556 bits per heavy atom. The van der Waals surface area contributed by atoms with Gasteiger partial charge in [-0.25, -0.2) is 9.59 Å². The van der Waals surface area contributed by atoms with Crippen LogP contribution in [0, 0.1) is 0 Å². The average Bonchev–Trinajstić information content (AvgIpc) is 3.52. The van der Waals surface area contributed by atoms with Crippen molar-refractivity contribution >= 4 is 41.5 Å². The monoisotopic (exact) mass is 902 g/mol. The van der Waals surface area contributed by atoms with Crippen LogP contribution in [0.5, 0.6) is 0 Å². The van der Waals surface area contributed by atoms with E-state index in [0.29, 0.717) is 77.3 Å². The molecule has 1 atom stereocenters. The van der Waals surface area contributed by atoms with Crippen LogP contribution in [0.2, 0.25) is 0 Å². The van der Waals surface area contributed by atoms with E-state index >= 15 is 0 Å². The number of carbonyl (C=O) groups excluding carboxylic acids is 7. The average molecular weight is 902 g/mol. The fourth-order valence-corrected chi connectivity index (χ4v) is 5.86. The number of esters is 2. The summed E-state index contributed by atoms with van der Waals surface area (Å²) >= 11 is 0. The lowest BCUT2D eigenvalue weighted by Gasteiger charge is -2.24. The third-order valence-electron chi connectivity index (χ3n) is 9.03. The number of hydroxylamine groups is 2. The molecule has 4 amide bonds. The minimum atomic E-state index is -1.02. The highest BCUT2D eigenvalue weighted by atomic mass is 16.7. The number of hydrogen-bond donors (Lipinski definition) is 2. The van der Waals surface area contributed by atoms with Gasteiger partial charge < -0.3 is 43.9 Å². The second-order valence-corrected chi connectivity index (χ2v) is 17.3. The molecular weight excluding hydrogens is 819 g/mol. The Hall–Kier alpha value is -3.67. The molecule has 1 aliphatic rings. The zero-order valence-electron chi connectivity index (χ0n) is 40.0. The second-order valence-electron chi connectivity index (χ2n) is 17.3. The van der Waals surface area contributed by atoms with Gasteiger partial charge in [0.1, 0.15) is 17.2 Å². The van der Waals surface area contributed by atoms with Gasteiger partial charge in [0, 0.05) is 45.3 Å². The van der Waals surface area contributed by atoms with Gasteiger partial charge in [-0.05, 0) is 67.7 Å². The predicted molar refractivity (Wildman–Crippen MR) is 237 cm³/mol. The molecule has 0 saturated carbocycles. The van der Waals surface area contributed by atoms with Crippen LogP contribution in [0.1, 0.15) is 177 Å². The normalized spacial score (nSPS) is 13.2. The van der Waals surface area contributed by atoms with E-state index in [0.717, 1.165) is 25.7 Å². The number of hydrogen-bond acceptors (Lipinski definition) is 14. The smallest absolute Gasteiger partial charge is 0.333 e.